The smallest absolute Gasteiger partial charge is 0.141 e. The Morgan fingerprint density at radius 2 is 1.33 bits per heavy atom. The van der Waals surface area contributed by atoms with Crippen molar-refractivity contribution < 1.29 is 4.79 Å². The Bertz CT molecular complexity index is 1680. The number of aromatic amines is 2. The van der Waals surface area contributed by atoms with Crippen LogP contribution in [0.1, 0.15) is 88.7 Å². The minimum atomic E-state index is -0.0915. The monoisotopic (exact) mass is 659 g/mol. The van der Waals surface area contributed by atoms with Gasteiger partial charge in [0, 0.05) is 0 Å². The van der Waals surface area contributed by atoms with Crippen LogP contribution in [0.3, 0.4) is 0 Å². The molecule has 258 valence electrons. The number of likely N-dealkylation sites (N-methyl/N-ethyl adjacent to an activating group) is 1. The molecule has 49 heavy (non-hydrogen) atoms. The van der Waals surface area contributed by atoms with Crippen LogP contribution >= 0.6 is 0 Å². The summed E-state index contributed by atoms with van der Waals surface area (Å²) in [5.41, 5.74) is 7.98. The molecule has 2 aliphatic heterocycles. The van der Waals surface area contributed by atoms with Crippen LogP contribution in [0.15, 0.2) is 91.3 Å². The minimum absolute atomic E-state index is 0.0915. The number of nitrogens with zero attached hydrogens (tertiary/aromatic N) is 4. The summed E-state index contributed by atoms with van der Waals surface area (Å²) < 4.78 is 0. The lowest BCUT2D eigenvalue weighted by Crippen LogP contribution is -2.29. The number of hydrogen-bond acceptors (Lipinski definition) is 6. The van der Waals surface area contributed by atoms with Gasteiger partial charge in [0.1, 0.15) is 17.9 Å². The molecule has 0 amide bonds. The van der Waals surface area contributed by atoms with Crippen molar-refractivity contribution in [1.82, 2.24) is 35.1 Å². The normalized spacial score (nSPS) is 18.0. The first-order valence-electron chi connectivity index (χ1n) is 18.1. The fourth-order valence-electron chi connectivity index (χ4n) is 6.81. The number of carbonyl (C=O) groups excluding carboxylic acids is 1. The van der Waals surface area contributed by atoms with Crippen molar-refractivity contribution in [2.45, 2.75) is 71.5 Å². The van der Waals surface area contributed by atoms with Crippen LogP contribution in [0.5, 0.6) is 0 Å². The first kappa shape index (κ1) is 35.9. The van der Waals surface area contributed by atoms with E-state index in [4.69, 9.17) is 0 Å². The zero-order chi connectivity index (χ0) is 34.6. The number of rotatable bonds is 10. The van der Waals surface area contributed by atoms with Crippen LogP contribution in [0.25, 0.3) is 33.6 Å². The number of aromatic nitrogens is 4. The molecule has 2 aliphatic rings. The standard InChI is InChI=1S/C27H30N6.C12H17NO.C2H6/c1-33-15-3-5-25(33)27-30-17-24(32-27)21-12-8-19(9-13-21)18-6-10-20(11-7-18)23-16-29-26(31-23)22-4-2-14-28-22;1-3-13(4-2)12(10-14)11-8-6-5-7-9-11;1-2/h6-13,16-17,22,25,28H,2-5,14-15H2,1H3,(H,29,31)(H,30,32);5-10,12H,3-4H2,1-2H3;1-2H3/t22-,25-;12-;/m00./s1. The Morgan fingerprint density at radius 3 is 1.82 bits per heavy atom. The molecule has 8 nitrogen and oxygen atoms in total. The summed E-state index contributed by atoms with van der Waals surface area (Å²) in [6.07, 6.45) is 9.71. The first-order valence-corrected chi connectivity index (χ1v) is 18.1. The average Bonchev–Trinajstić information content (AvgIpc) is 4.00. The van der Waals surface area contributed by atoms with Crippen molar-refractivity contribution in [2.24, 2.45) is 0 Å². The molecule has 3 atom stereocenters. The third kappa shape index (κ3) is 8.81. The van der Waals surface area contributed by atoms with E-state index >= 15 is 0 Å². The van der Waals surface area contributed by atoms with Crippen LogP contribution in [-0.4, -0.2) is 69.2 Å². The molecule has 7 rings (SSSR count). The number of carbonyl (C=O) groups is 1. The molecule has 2 saturated heterocycles. The van der Waals surface area contributed by atoms with Crippen molar-refractivity contribution in [3.8, 4) is 33.6 Å². The Balaban J connectivity index is 0.000000247. The third-order valence-corrected chi connectivity index (χ3v) is 9.62. The fourth-order valence-corrected chi connectivity index (χ4v) is 6.81. The van der Waals surface area contributed by atoms with Gasteiger partial charge in [-0.1, -0.05) is 107 Å². The van der Waals surface area contributed by atoms with E-state index < -0.39 is 0 Å². The van der Waals surface area contributed by atoms with Crippen molar-refractivity contribution in [3.63, 3.8) is 0 Å². The van der Waals surface area contributed by atoms with E-state index in [0.29, 0.717) is 12.1 Å². The second-order valence-electron chi connectivity index (χ2n) is 12.5. The van der Waals surface area contributed by atoms with Gasteiger partial charge in [-0.15, -0.1) is 0 Å². The van der Waals surface area contributed by atoms with Crippen LogP contribution < -0.4 is 5.32 Å². The topological polar surface area (TPSA) is 92.9 Å². The second kappa shape index (κ2) is 17.9. The van der Waals surface area contributed by atoms with Crippen LogP contribution in [-0.2, 0) is 4.79 Å². The Hall–Kier alpha value is -4.37. The van der Waals surface area contributed by atoms with Gasteiger partial charge in [0.2, 0.25) is 0 Å². The van der Waals surface area contributed by atoms with E-state index in [1.165, 1.54) is 36.0 Å². The summed E-state index contributed by atoms with van der Waals surface area (Å²) in [7, 11) is 2.18. The minimum Gasteiger partial charge on any atom is -0.341 e. The van der Waals surface area contributed by atoms with Gasteiger partial charge < -0.3 is 20.1 Å². The molecule has 2 aromatic heterocycles. The van der Waals surface area contributed by atoms with Crippen molar-refractivity contribution in [2.75, 3.05) is 33.2 Å². The second-order valence-corrected chi connectivity index (χ2v) is 12.5. The first-order chi connectivity index (χ1) is 24.1. The van der Waals surface area contributed by atoms with E-state index in [1.807, 2.05) is 56.6 Å². The fraction of sp³-hybridized carbons (Fsp3) is 0.390. The zero-order valence-corrected chi connectivity index (χ0v) is 29.8. The molecule has 0 spiro atoms. The van der Waals surface area contributed by atoms with Crippen LogP contribution in [0, 0.1) is 0 Å². The SMILES string of the molecule is CC.CCN(CC)[C@@H](C=O)c1ccccc1.CN1CCC[C@H]1c1ncc(-c2ccc(-c3ccc(-c4cnc([C@@H]5CCCN5)[nH]4)cc3)cc2)[nH]1. The highest BCUT2D eigenvalue weighted by molar-refractivity contribution is 5.71. The summed E-state index contributed by atoms with van der Waals surface area (Å²) in [5.74, 6) is 2.12. The Morgan fingerprint density at radius 1 is 0.776 bits per heavy atom. The van der Waals surface area contributed by atoms with Gasteiger partial charge in [0.15, 0.2) is 0 Å². The molecule has 0 saturated carbocycles. The highest BCUT2D eigenvalue weighted by Gasteiger charge is 2.25. The maximum atomic E-state index is 11.0. The van der Waals surface area contributed by atoms with E-state index in [9.17, 15) is 4.79 Å². The number of imidazole rings is 2. The molecule has 0 unspecified atom stereocenters. The van der Waals surface area contributed by atoms with Gasteiger partial charge in [-0.05, 0) is 86.7 Å². The van der Waals surface area contributed by atoms with Gasteiger partial charge in [-0.3, -0.25) is 9.80 Å². The highest BCUT2D eigenvalue weighted by atomic mass is 16.1. The van der Waals surface area contributed by atoms with Gasteiger partial charge in [-0.25, -0.2) is 9.97 Å². The maximum Gasteiger partial charge on any atom is 0.141 e. The van der Waals surface area contributed by atoms with E-state index in [1.54, 1.807) is 0 Å². The Kier molecular flexibility index (Phi) is 13.1. The Labute approximate surface area is 292 Å². The summed E-state index contributed by atoms with van der Waals surface area (Å²) in [6, 6.07) is 28.0. The zero-order valence-electron chi connectivity index (χ0n) is 29.8. The molecule has 2 fully saturated rings. The highest BCUT2D eigenvalue weighted by Crippen LogP contribution is 2.31. The molecule has 0 radical (unpaired) electrons. The molecule has 0 bridgehead atoms. The number of likely N-dealkylation sites (tertiary alicyclic amines) is 1. The maximum absolute atomic E-state index is 11.0. The summed E-state index contributed by atoms with van der Waals surface area (Å²) >= 11 is 0. The summed E-state index contributed by atoms with van der Waals surface area (Å²) in [5, 5.41) is 3.50. The lowest BCUT2D eigenvalue weighted by atomic mass is 10.0. The molecular weight excluding hydrogens is 606 g/mol. The van der Waals surface area contributed by atoms with E-state index in [2.05, 4.69) is 104 Å². The molecule has 3 N–H and O–H groups in total. The lowest BCUT2D eigenvalue weighted by molar-refractivity contribution is -0.112. The summed E-state index contributed by atoms with van der Waals surface area (Å²) in [6.45, 7) is 12.2. The van der Waals surface area contributed by atoms with Crippen molar-refractivity contribution in [3.05, 3.63) is 108 Å². The predicted molar refractivity (Wildman–Crippen MR) is 201 cm³/mol. The lowest BCUT2D eigenvalue weighted by Gasteiger charge is -2.25. The molecular formula is C41H53N7O. The number of H-pyrrole nitrogens is 2. The molecule has 5 aromatic rings. The van der Waals surface area contributed by atoms with Crippen molar-refractivity contribution >= 4 is 6.29 Å². The third-order valence-electron chi connectivity index (χ3n) is 9.62. The largest absolute Gasteiger partial charge is 0.341 e. The van der Waals surface area contributed by atoms with Gasteiger partial charge in [-0.2, -0.15) is 0 Å². The number of aldehydes is 1. The molecule has 4 heterocycles. The molecule has 3 aromatic carbocycles. The van der Waals surface area contributed by atoms with Crippen LogP contribution in [0.2, 0.25) is 0 Å². The van der Waals surface area contributed by atoms with Gasteiger partial charge in [0.05, 0.1) is 41.9 Å². The van der Waals surface area contributed by atoms with E-state index in [-0.39, 0.29) is 6.04 Å². The van der Waals surface area contributed by atoms with Gasteiger partial charge >= 0.3 is 0 Å². The number of hydrogen-bond donors (Lipinski definition) is 3. The van der Waals surface area contributed by atoms with Gasteiger partial charge in [0.25, 0.3) is 0 Å². The quantitative estimate of drug-likeness (QED) is 0.130. The summed E-state index contributed by atoms with van der Waals surface area (Å²) in [4.78, 5) is 31.8. The number of nitrogens with one attached hydrogen (secondary N) is 3. The van der Waals surface area contributed by atoms with Crippen LogP contribution in [0.4, 0.5) is 0 Å². The predicted octanol–water partition coefficient (Wildman–Crippen LogP) is 8.62. The average molecular weight is 660 g/mol. The van der Waals surface area contributed by atoms with E-state index in [0.717, 1.165) is 73.0 Å². The molecule has 0 aliphatic carbocycles. The number of benzene rings is 3. The van der Waals surface area contributed by atoms with Crippen molar-refractivity contribution in [1.29, 1.82) is 0 Å². The molecule has 8 heteroatoms.